The number of benzene rings is 1. The number of hydrazine groups is 1. The molecule has 0 heterocycles. The molecule has 2 rings (SSSR count). The Morgan fingerprint density at radius 2 is 1.61 bits per heavy atom. The van der Waals surface area contributed by atoms with Crippen molar-refractivity contribution in [1.82, 2.24) is 10.9 Å². The molecule has 0 bridgehead atoms. The fraction of sp³-hybridized carbons (Fsp3) is 0.444. The number of nitrogens with one attached hydrogen (secondary N) is 3. The van der Waals surface area contributed by atoms with Gasteiger partial charge in [-0.05, 0) is 31.0 Å². The second-order valence-electron chi connectivity index (χ2n) is 6.55. The van der Waals surface area contributed by atoms with Crippen LogP contribution in [0, 0.1) is 11.8 Å². The second-order valence-corrected chi connectivity index (χ2v) is 7.39. The van der Waals surface area contributed by atoms with Gasteiger partial charge in [0.2, 0.25) is 17.7 Å². The summed E-state index contributed by atoms with van der Waals surface area (Å²) in [7, 11) is 0. The van der Waals surface area contributed by atoms with E-state index in [2.05, 4.69) is 16.2 Å². The van der Waals surface area contributed by atoms with E-state index >= 15 is 0 Å². The Morgan fingerprint density at radius 3 is 2.25 bits per heavy atom. The fourth-order valence-electron chi connectivity index (χ4n) is 3.06. The van der Waals surface area contributed by atoms with Crippen LogP contribution in [0.2, 0.25) is 10.0 Å². The van der Waals surface area contributed by atoms with E-state index in [9.17, 15) is 24.3 Å². The fourth-order valence-corrected chi connectivity index (χ4v) is 3.51. The predicted octanol–water partition coefficient (Wildman–Crippen LogP) is 2.75. The Bertz CT molecular complexity index is 772. The lowest BCUT2D eigenvalue weighted by Crippen LogP contribution is -2.48. The third-order valence-electron chi connectivity index (χ3n) is 4.53. The van der Waals surface area contributed by atoms with E-state index < -0.39 is 35.5 Å². The van der Waals surface area contributed by atoms with Gasteiger partial charge in [0.1, 0.15) is 0 Å². The number of halogens is 2. The minimum Gasteiger partial charge on any atom is -0.481 e. The van der Waals surface area contributed by atoms with E-state index in [1.54, 1.807) is 12.1 Å². The number of carbonyl (C=O) groups excluding carboxylic acids is 3. The number of hydrogen-bond donors (Lipinski definition) is 4. The first-order chi connectivity index (χ1) is 13.3. The van der Waals surface area contributed by atoms with Crippen molar-refractivity contribution in [3.63, 3.8) is 0 Å². The van der Waals surface area contributed by atoms with Crippen LogP contribution in [0.4, 0.5) is 5.69 Å². The Morgan fingerprint density at radius 1 is 0.964 bits per heavy atom. The van der Waals surface area contributed by atoms with Crippen LogP contribution in [0.5, 0.6) is 0 Å². The molecule has 0 aliphatic heterocycles. The van der Waals surface area contributed by atoms with E-state index in [1.165, 1.54) is 6.07 Å². The Labute approximate surface area is 171 Å². The summed E-state index contributed by atoms with van der Waals surface area (Å²) in [5.41, 5.74) is 4.86. The van der Waals surface area contributed by atoms with E-state index in [-0.39, 0.29) is 17.9 Å². The normalized spacial score (nSPS) is 18.8. The van der Waals surface area contributed by atoms with Crippen LogP contribution in [0.25, 0.3) is 0 Å². The zero-order valence-electron chi connectivity index (χ0n) is 15.0. The number of carboxylic acids is 1. The quantitative estimate of drug-likeness (QED) is 0.517. The van der Waals surface area contributed by atoms with Gasteiger partial charge >= 0.3 is 5.97 Å². The van der Waals surface area contributed by atoms with Crippen molar-refractivity contribution in [3.05, 3.63) is 28.2 Å². The zero-order valence-corrected chi connectivity index (χ0v) is 16.5. The molecule has 8 nitrogen and oxygen atoms in total. The van der Waals surface area contributed by atoms with Gasteiger partial charge in [0.15, 0.2) is 0 Å². The lowest BCUT2D eigenvalue weighted by Gasteiger charge is -2.27. The number of anilines is 1. The monoisotopic (exact) mass is 429 g/mol. The molecule has 152 valence electrons. The summed E-state index contributed by atoms with van der Waals surface area (Å²) < 4.78 is 0. The maximum absolute atomic E-state index is 12.2. The molecule has 10 heteroatoms. The Kier molecular flexibility index (Phi) is 8.07. The molecule has 1 aliphatic rings. The highest BCUT2D eigenvalue weighted by atomic mass is 35.5. The van der Waals surface area contributed by atoms with Crippen LogP contribution < -0.4 is 16.2 Å². The van der Waals surface area contributed by atoms with Gasteiger partial charge in [0, 0.05) is 17.9 Å². The van der Waals surface area contributed by atoms with Crippen LogP contribution in [0.3, 0.4) is 0 Å². The van der Waals surface area contributed by atoms with Crippen LogP contribution in [0.1, 0.15) is 38.5 Å². The van der Waals surface area contributed by atoms with Gasteiger partial charge in [0.25, 0.3) is 0 Å². The van der Waals surface area contributed by atoms with Crippen LogP contribution in [-0.4, -0.2) is 28.8 Å². The average Bonchev–Trinajstić information content (AvgIpc) is 2.66. The number of hydrogen-bond acceptors (Lipinski definition) is 4. The van der Waals surface area contributed by atoms with E-state index in [0.717, 1.165) is 12.8 Å². The molecule has 0 radical (unpaired) electrons. The van der Waals surface area contributed by atoms with Gasteiger partial charge in [-0.1, -0.05) is 36.0 Å². The van der Waals surface area contributed by atoms with Gasteiger partial charge in [-0.2, -0.15) is 0 Å². The van der Waals surface area contributed by atoms with Gasteiger partial charge in [-0.3, -0.25) is 30.0 Å². The van der Waals surface area contributed by atoms with Crippen molar-refractivity contribution in [2.45, 2.75) is 38.5 Å². The van der Waals surface area contributed by atoms with Crippen LogP contribution >= 0.6 is 23.2 Å². The molecule has 1 saturated carbocycles. The van der Waals surface area contributed by atoms with E-state index in [4.69, 9.17) is 23.2 Å². The van der Waals surface area contributed by atoms with Crippen molar-refractivity contribution >= 4 is 52.6 Å². The third kappa shape index (κ3) is 6.38. The number of aliphatic carboxylic acids is 1. The van der Waals surface area contributed by atoms with Crippen molar-refractivity contribution in [2.75, 3.05) is 5.32 Å². The topological polar surface area (TPSA) is 125 Å². The molecule has 0 spiro atoms. The van der Waals surface area contributed by atoms with Crippen molar-refractivity contribution in [3.8, 4) is 0 Å². The summed E-state index contributed by atoms with van der Waals surface area (Å²) >= 11 is 11.7. The number of rotatable bonds is 6. The van der Waals surface area contributed by atoms with Crippen molar-refractivity contribution in [1.29, 1.82) is 0 Å². The first kappa shape index (κ1) is 22.0. The van der Waals surface area contributed by atoms with Gasteiger partial charge in [0.05, 0.1) is 22.5 Å². The average molecular weight is 430 g/mol. The Balaban J connectivity index is 1.75. The highest BCUT2D eigenvalue weighted by molar-refractivity contribution is 6.36. The largest absolute Gasteiger partial charge is 0.481 e. The summed E-state index contributed by atoms with van der Waals surface area (Å²) in [6.07, 6.45) is 2.15. The molecule has 0 aromatic heterocycles. The molecular weight excluding hydrogens is 409 g/mol. The molecule has 2 atom stereocenters. The Hall–Kier alpha value is -2.32. The summed E-state index contributed by atoms with van der Waals surface area (Å²) in [5, 5.41) is 12.5. The lowest BCUT2D eigenvalue weighted by atomic mass is 9.79. The predicted molar refractivity (Wildman–Crippen MR) is 104 cm³/mol. The summed E-state index contributed by atoms with van der Waals surface area (Å²) in [6.45, 7) is 0. The van der Waals surface area contributed by atoms with Crippen LogP contribution in [0.15, 0.2) is 18.2 Å². The summed E-state index contributed by atoms with van der Waals surface area (Å²) in [5.74, 6) is -3.96. The van der Waals surface area contributed by atoms with Crippen LogP contribution in [-0.2, 0) is 19.2 Å². The molecule has 0 saturated heterocycles. The summed E-state index contributed by atoms with van der Waals surface area (Å²) in [4.78, 5) is 47.2. The molecule has 4 N–H and O–H groups in total. The minimum absolute atomic E-state index is 0.123. The zero-order chi connectivity index (χ0) is 20.7. The molecule has 0 unspecified atom stereocenters. The van der Waals surface area contributed by atoms with Gasteiger partial charge < -0.3 is 10.4 Å². The lowest BCUT2D eigenvalue weighted by molar-refractivity contribution is -0.149. The minimum atomic E-state index is -1.01. The molecular formula is C18H21Cl2N3O5. The van der Waals surface area contributed by atoms with Crippen molar-refractivity contribution in [2.24, 2.45) is 11.8 Å². The first-order valence-electron chi connectivity index (χ1n) is 8.84. The van der Waals surface area contributed by atoms with Gasteiger partial charge in [-0.25, -0.2) is 0 Å². The smallest absolute Gasteiger partial charge is 0.307 e. The molecule has 1 aromatic rings. The van der Waals surface area contributed by atoms with Crippen molar-refractivity contribution < 1.29 is 24.3 Å². The van der Waals surface area contributed by atoms with Gasteiger partial charge in [-0.15, -0.1) is 0 Å². The highest BCUT2D eigenvalue weighted by Crippen LogP contribution is 2.30. The summed E-state index contributed by atoms with van der Waals surface area (Å²) in [6, 6.07) is 4.60. The highest BCUT2D eigenvalue weighted by Gasteiger charge is 2.35. The molecule has 28 heavy (non-hydrogen) atoms. The van der Waals surface area contributed by atoms with E-state index in [0.29, 0.717) is 23.6 Å². The molecule has 1 aromatic carbocycles. The number of amides is 3. The third-order valence-corrected chi connectivity index (χ3v) is 5.08. The van der Waals surface area contributed by atoms with E-state index in [1.807, 2.05) is 0 Å². The SMILES string of the molecule is O=C(CCC(=O)Nc1ccc(Cl)cc1Cl)NNC(=O)[C@H]1CCCC[C@@H]1C(=O)O. The molecule has 1 fully saturated rings. The maximum Gasteiger partial charge on any atom is 0.307 e. The first-order valence-corrected chi connectivity index (χ1v) is 9.60. The molecule has 1 aliphatic carbocycles. The second kappa shape index (κ2) is 10.3. The molecule has 3 amide bonds. The standard InChI is InChI=1S/C18H21Cl2N3O5/c19-10-5-6-14(13(20)9-10)21-15(24)7-8-16(25)22-23-17(26)11-3-1-2-4-12(11)18(27)28/h5-6,9,11-12H,1-4,7-8H2,(H,21,24)(H,22,25)(H,23,26)(H,27,28)/t11-,12-/m0/s1. The number of carboxylic acid groups (broad SMARTS) is 1. The number of carbonyl (C=O) groups is 4. The maximum atomic E-state index is 12.2.